The third-order valence-corrected chi connectivity index (χ3v) is 11.3. The molecule has 0 amide bonds. The van der Waals surface area contributed by atoms with E-state index in [0.29, 0.717) is 17.5 Å². The van der Waals surface area contributed by atoms with Gasteiger partial charge in [0.15, 0.2) is 17.5 Å². The second kappa shape index (κ2) is 14.1. The Balaban J connectivity index is 0.954. The molecule has 0 N–H and O–H groups in total. The van der Waals surface area contributed by atoms with Crippen molar-refractivity contribution in [2.45, 2.75) is 0 Å². The summed E-state index contributed by atoms with van der Waals surface area (Å²) in [5.74, 6) is 1.90. The first-order chi connectivity index (χ1) is 28.7. The molecular weight excluding hydrogens is 703 g/mol. The highest BCUT2D eigenvalue weighted by Gasteiger charge is 2.22. The van der Waals surface area contributed by atoms with Crippen LogP contribution in [-0.4, -0.2) is 15.0 Å². The lowest BCUT2D eigenvalue weighted by molar-refractivity contribution is 1.07. The Kier molecular flexibility index (Phi) is 8.15. The zero-order chi connectivity index (χ0) is 38.4. The van der Waals surface area contributed by atoms with Gasteiger partial charge in [0, 0.05) is 16.7 Å². The van der Waals surface area contributed by atoms with Gasteiger partial charge in [-0.15, -0.1) is 0 Å². The SMILES string of the molecule is c1ccc(-c2cc(-c3ccccc3)cc(-c3nc(-c4ccccc4)nc(-c4ccc(-c5ccc(-c6ccc7c8c(cccc68)-c6ccccc6-7)cc5)cc4)n3)c2)cc1. The fourth-order valence-electron chi connectivity index (χ4n) is 8.42. The van der Waals surface area contributed by atoms with Crippen LogP contribution in [0.1, 0.15) is 0 Å². The van der Waals surface area contributed by atoms with E-state index in [0.717, 1.165) is 50.1 Å². The molecule has 0 bridgehead atoms. The number of hydrogen-bond donors (Lipinski definition) is 0. The van der Waals surface area contributed by atoms with Crippen LogP contribution in [0.5, 0.6) is 0 Å². The van der Waals surface area contributed by atoms with Crippen molar-refractivity contribution in [2.24, 2.45) is 0 Å². The lowest BCUT2D eigenvalue weighted by atomic mass is 9.93. The molecule has 1 aliphatic rings. The Morgan fingerprint density at radius 1 is 0.207 bits per heavy atom. The van der Waals surface area contributed by atoms with Crippen LogP contribution in [-0.2, 0) is 0 Å². The molecule has 11 rings (SSSR count). The Morgan fingerprint density at radius 3 is 1.12 bits per heavy atom. The molecule has 0 fully saturated rings. The predicted molar refractivity (Wildman–Crippen MR) is 240 cm³/mol. The normalized spacial score (nSPS) is 11.4. The Morgan fingerprint density at radius 2 is 0.569 bits per heavy atom. The van der Waals surface area contributed by atoms with E-state index in [1.807, 2.05) is 42.5 Å². The van der Waals surface area contributed by atoms with Gasteiger partial charge in [-0.05, 0) is 95.7 Å². The van der Waals surface area contributed by atoms with Crippen molar-refractivity contribution in [3.05, 3.63) is 212 Å². The standard InChI is InChI=1S/C55H35N3/c1-4-13-36(14-5-1)43-33-44(37-15-6-2-7-16-37)35-45(34-43)55-57-53(41-17-8-3-9-18-41)56-54(58-55)42-29-25-39(26-30-42)38-23-27-40(28-24-38)46-31-32-51-48-20-11-10-19-47(48)50-22-12-21-49(46)52(50)51/h1-35H. The topological polar surface area (TPSA) is 38.7 Å². The van der Waals surface area contributed by atoms with Gasteiger partial charge in [-0.3, -0.25) is 0 Å². The molecule has 0 saturated heterocycles. The summed E-state index contributed by atoms with van der Waals surface area (Å²) in [5, 5.41) is 2.64. The predicted octanol–water partition coefficient (Wildman–Crippen LogP) is 14.3. The summed E-state index contributed by atoms with van der Waals surface area (Å²) < 4.78 is 0. The molecule has 0 spiro atoms. The first kappa shape index (κ1) is 33.6. The molecule has 3 nitrogen and oxygen atoms in total. The average Bonchev–Trinajstić information content (AvgIpc) is 3.64. The minimum atomic E-state index is 0.630. The minimum Gasteiger partial charge on any atom is -0.208 e. The number of aromatic nitrogens is 3. The molecule has 0 unspecified atom stereocenters. The molecule has 1 aliphatic carbocycles. The summed E-state index contributed by atoms with van der Waals surface area (Å²) in [6.07, 6.45) is 0. The molecule has 9 aromatic carbocycles. The Hall–Kier alpha value is -7.75. The van der Waals surface area contributed by atoms with E-state index in [2.05, 4.69) is 170 Å². The van der Waals surface area contributed by atoms with Crippen LogP contribution < -0.4 is 0 Å². The van der Waals surface area contributed by atoms with Gasteiger partial charge in [0.05, 0.1) is 0 Å². The van der Waals surface area contributed by atoms with E-state index in [4.69, 9.17) is 15.0 Å². The highest BCUT2D eigenvalue weighted by molar-refractivity contribution is 6.18. The van der Waals surface area contributed by atoms with Crippen LogP contribution in [0.15, 0.2) is 212 Å². The monoisotopic (exact) mass is 737 g/mol. The summed E-state index contributed by atoms with van der Waals surface area (Å²) in [6, 6.07) is 75.2. The maximum Gasteiger partial charge on any atom is 0.164 e. The van der Waals surface area contributed by atoms with Gasteiger partial charge < -0.3 is 0 Å². The first-order valence-electron chi connectivity index (χ1n) is 19.7. The molecule has 1 heterocycles. The largest absolute Gasteiger partial charge is 0.208 e. The summed E-state index contributed by atoms with van der Waals surface area (Å²) in [4.78, 5) is 15.3. The highest BCUT2D eigenvalue weighted by atomic mass is 15.0. The van der Waals surface area contributed by atoms with E-state index in [1.54, 1.807) is 0 Å². The van der Waals surface area contributed by atoms with Gasteiger partial charge in [0.25, 0.3) is 0 Å². The van der Waals surface area contributed by atoms with Gasteiger partial charge in [-0.1, -0.05) is 194 Å². The molecule has 0 radical (unpaired) electrons. The van der Waals surface area contributed by atoms with Gasteiger partial charge >= 0.3 is 0 Å². The van der Waals surface area contributed by atoms with Crippen LogP contribution >= 0.6 is 0 Å². The molecule has 270 valence electrons. The number of fused-ring (bicyclic) bond motifs is 3. The van der Waals surface area contributed by atoms with Crippen molar-refractivity contribution in [1.82, 2.24) is 15.0 Å². The lowest BCUT2D eigenvalue weighted by Gasteiger charge is -2.13. The van der Waals surface area contributed by atoms with Crippen molar-refractivity contribution in [3.63, 3.8) is 0 Å². The fraction of sp³-hybridized carbons (Fsp3) is 0. The molecular formula is C55H35N3. The molecule has 0 saturated carbocycles. The molecule has 58 heavy (non-hydrogen) atoms. The maximum atomic E-state index is 5.15. The lowest BCUT2D eigenvalue weighted by Crippen LogP contribution is -2.00. The van der Waals surface area contributed by atoms with Crippen molar-refractivity contribution >= 4 is 10.8 Å². The second-order valence-electron chi connectivity index (χ2n) is 14.8. The number of nitrogens with zero attached hydrogens (tertiary/aromatic N) is 3. The number of benzene rings is 9. The third kappa shape index (κ3) is 5.98. The molecule has 0 aliphatic heterocycles. The van der Waals surface area contributed by atoms with E-state index >= 15 is 0 Å². The third-order valence-electron chi connectivity index (χ3n) is 11.3. The van der Waals surface area contributed by atoms with Gasteiger partial charge in [-0.2, -0.15) is 0 Å². The molecule has 3 heteroatoms. The van der Waals surface area contributed by atoms with E-state index in [1.165, 1.54) is 44.2 Å². The maximum absolute atomic E-state index is 5.15. The fourth-order valence-corrected chi connectivity index (χ4v) is 8.42. The zero-order valence-electron chi connectivity index (χ0n) is 31.5. The van der Waals surface area contributed by atoms with Crippen molar-refractivity contribution < 1.29 is 0 Å². The van der Waals surface area contributed by atoms with Gasteiger partial charge in [0.1, 0.15) is 0 Å². The molecule has 10 aromatic rings. The van der Waals surface area contributed by atoms with Crippen LogP contribution in [0.2, 0.25) is 0 Å². The van der Waals surface area contributed by atoms with Crippen LogP contribution in [0, 0.1) is 0 Å². The number of hydrogen-bond acceptors (Lipinski definition) is 3. The smallest absolute Gasteiger partial charge is 0.164 e. The van der Waals surface area contributed by atoms with Crippen molar-refractivity contribution in [1.29, 1.82) is 0 Å². The van der Waals surface area contributed by atoms with E-state index < -0.39 is 0 Å². The highest BCUT2D eigenvalue weighted by Crippen LogP contribution is 2.49. The van der Waals surface area contributed by atoms with Gasteiger partial charge in [-0.25, -0.2) is 15.0 Å². The first-order valence-corrected chi connectivity index (χ1v) is 19.7. The van der Waals surface area contributed by atoms with Crippen molar-refractivity contribution in [3.8, 4) is 101 Å². The summed E-state index contributed by atoms with van der Waals surface area (Å²) in [5.41, 5.74) is 17.3. The summed E-state index contributed by atoms with van der Waals surface area (Å²) in [6.45, 7) is 0. The number of rotatable bonds is 7. The quantitative estimate of drug-likeness (QED) is 0.163. The van der Waals surface area contributed by atoms with Gasteiger partial charge in [0.2, 0.25) is 0 Å². The Bertz CT molecular complexity index is 3030. The van der Waals surface area contributed by atoms with Crippen molar-refractivity contribution in [2.75, 3.05) is 0 Å². The second-order valence-corrected chi connectivity index (χ2v) is 14.8. The average molecular weight is 738 g/mol. The van der Waals surface area contributed by atoms with Crippen LogP contribution in [0.3, 0.4) is 0 Å². The molecule has 1 aromatic heterocycles. The summed E-state index contributed by atoms with van der Waals surface area (Å²) >= 11 is 0. The van der Waals surface area contributed by atoms with E-state index in [-0.39, 0.29) is 0 Å². The zero-order valence-corrected chi connectivity index (χ0v) is 31.5. The minimum absolute atomic E-state index is 0.630. The summed E-state index contributed by atoms with van der Waals surface area (Å²) in [7, 11) is 0. The van der Waals surface area contributed by atoms with E-state index in [9.17, 15) is 0 Å². The molecule has 0 atom stereocenters. The van der Waals surface area contributed by atoms with Crippen LogP contribution in [0.4, 0.5) is 0 Å². The van der Waals surface area contributed by atoms with Crippen LogP contribution in [0.25, 0.3) is 112 Å². The Labute approximate surface area is 337 Å².